The second-order valence-corrected chi connectivity index (χ2v) is 10.7. The van der Waals surface area contributed by atoms with Crippen molar-refractivity contribution in [3.63, 3.8) is 0 Å². The van der Waals surface area contributed by atoms with Gasteiger partial charge in [-0.05, 0) is 68.2 Å². The molecule has 3 fully saturated rings. The molecule has 10 heteroatoms. The highest BCUT2D eigenvalue weighted by atomic mass is 32.2. The molecule has 33 heavy (non-hydrogen) atoms. The van der Waals surface area contributed by atoms with Crippen LogP contribution >= 0.6 is 11.8 Å². The van der Waals surface area contributed by atoms with Crippen molar-refractivity contribution in [2.45, 2.75) is 55.3 Å². The summed E-state index contributed by atoms with van der Waals surface area (Å²) < 4.78 is 45.9. The van der Waals surface area contributed by atoms with E-state index in [9.17, 15) is 13.2 Å². The first-order valence-electron chi connectivity index (χ1n) is 11.7. The molecule has 2 aromatic heterocycles. The van der Waals surface area contributed by atoms with Crippen molar-refractivity contribution in [2.24, 2.45) is 12.5 Å². The van der Waals surface area contributed by atoms with E-state index in [1.54, 1.807) is 17.8 Å². The molecule has 1 spiro atoms. The fourth-order valence-electron chi connectivity index (χ4n) is 5.44. The molecule has 0 amide bonds. The molecule has 180 valence electrons. The van der Waals surface area contributed by atoms with Gasteiger partial charge in [0.2, 0.25) is 0 Å². The molecular weight excluding hydrogens is 451 g/mol. The Labute approximate surface area is 196 Å². The monoisotopic (exact) mass is 481 g/mol. The van der Waals surface area contributed by atoms with Gasteiger partial charge in [0.05, 0.1) is 0 Å². The molecule has 4 heterocycles. The molecule has 0 radical (unpaired) electrons. The molecular formula is C23H30F3N5OS. The zero-order valence-electron chi connectivity index (χ0n) is 18.9. The van der Waals surface area contributed by atoms with Crippen molar-refractivity contribution in [1.82, 2.24) is 24.6 Å². The van der Waals surface area contributed by atoms with Gasteiger partial charge in [-0.15, -0.1) is 10.2 Å². The lowest BCUT2D eigenvalue weighted by Crippen LogP contribution is -2.23. The maximum absolute atomic E-state index is 12.8. The van der Waals surface area contributed by atoms with E-state index < -0.39 is 11.9 Å². The van der Waals surface area contributed by atoms with Crippen LogP contribution in [0, 0.1) is 5.41 Å². The van der Waals surface area contributed by atoms with Crippen molar-refractivity contribution in [3.8, 4) is 0 Å². The zero-order valence-corrected chi connectivity index (χ0v) is 19.7. The molecule has 0 N–H and O–H groups in total. The van der Waals surface area contributed by atoms with Crippen LogP contribution in [0.2, 0.25) is 0 Å². The van der Waals surface area contributed by atoms with Crippen LogP contribution in [0.4, 0.5) is 13.2 Å². The minimum absolute atomic E-state index is 0.233. The standard InChI is InChI=1S/C23H30F3N5OS/c1-30-20(16-5-10-32-11-6-16)28-29-21(30)33-12-2-8-31-9-7-22(15-31)13-18(22)17-3-4-19(27-14-17)23(24,25)26/h3-4,14,16,18H,2,5-13,15H2,1H3/t18-,22+/m1/s1. The van der Waals surface area contributed by atoms with Crippen LogP contribution in [0.1, 0.15) is 61.0 Å². The third kappa shape index (κ3) is 4.93. The van der Waals surface area contributed by atoms with E-state index in [-0.39, 0.29) is 5.41 Å². The van der Waals surface area contributed by atoms with Gasteiger partial charge in [-0.1, -0.05) is 17.8 Å². The lowest BCUT2D eigenvalue weighted by Gasteiger charge is -2.21. The van der Waals surface area contributed by atoms with Crippen molar-refractivity contribution >= 4 is 11.8 Å². The molecule has 2 saturated heterocycles. The first kappa shape index (κ1) is 23.1. The molecule has 3 aliphatic rings. The summed E-state index contributed by atoms with van der Waals surface area (Å²) in [4.78, 5) is 6.15. The minimum atomic E-state index is -4.38. The molecule has 2 aromatic rings. The highest BCUT2D eigenvalue weighted by molar-refractivity contribution is 7.99. The number of alkyl halides is 3. The van der Waals surface area contributed by atoms with Gasteiger partial charge in [-0.25, -0.2) is 0 Å². The zero-order chi connectivity index (χ0) is 23.1. The summed E-state index contributed by atoms with van der Waals surface area (Å²) in [6.07, 6.45) is 2.32. The average Bonchev–Trinajstić information content (AvgIpc) is 3.15. The van der Waals surface area contributed by atoms with Crippen molar-refractivity contribution in [2.75, 3.05) is 38.6 Å². The number of thioether (sulfide) groups is 1. The Morgan fingerprint density at radius 3 is 2.76 bits per heavy atom. The Morgan fingerprint density at radius 1 is 1.21 bits per heavy atom. The minimum Gasteiger partial charge on any atom is -0.381 e. The molecule has 1 aliphatic carbocycles. The van der Waals surface area contributed by atoms with Crippen molar-refractivity contribution in [1.29, 1.82) is 0 Å². The number of pyridine rings is 1. The lowest BCUT2D eigenvalue weighted by molar-refractivity contribution is -0.141. The molecule has 6 nitrogen and oxygen atoms in total. The van der Waals surface area contributed by atoms with Crippen molar-refractivity contribution < 1.29 is 17.9 Å². The Kier molecular flexibility index (Phi) is 6.43. The maximum atomic E-state index is 12.8. The predicted octanol–water partition coefficient (Wildman–Crippen LogP) is 4.48. The molecule has 0 unspecified atom stereocenters. The normalized spacial score (nSPS) is 26.4. The first-order valence-corrected chi connectivity index (χ1v) is 12.7. The predicted molar refractivity (Wildman–Crippen MR) is 119 cm³/mol. The summed E-state index contributed by atoms with van der Waals surface area (Å²) in [7, 11) is 2.06. The van der Waals surface area contributed by atoms with Gasteiger partial charge in [0.15, 0.2) is 5.16 Å². The Morgan fingerprint density at radius 2 is 2.03 bits per heavy atom. The SMILES string of the molecule is Cn1c(SCCCN2CC[C@]3(C[C@@H]3c3ccc(C(F)(F)F)nc3)C2)nnc1C1CCOCC1. The summed E-state index contributed by atoms with van der Waals surface area (Å²) >= 11 is 1.76. The van der Waals surface area contributed by atoms with E-state index in [1.165, 1.54) is 6.20 Å². The summed E-state index contributed by atoms with van der Waals surface area (Å²) in [5.74, 6) is 2.85. The second kappa shape index (κ2) is 9.19. The maximum Gasteiger partial charge on any atom is 0.433 e. The number of hydrogen-bond donors (Lipinski definition) is 0. The van der Waals surface area contributed by atoms with Crippen LogP contribution in [0.3, 0.4) is 0 Å². The summed E-state index contributed by atoms with van der Waals surface area (Å²) in [5, 5.41) is 9.82. The third-order valence-electron chi connectivity index (χ3n) is 7.44. The number of nitrogens with zero attached hydrogens (tertiary/aromatic N) is 5. The van der Waals surface area contributed by atoms with Gasteiger partial charge in [0.25, 0.3) is 0 Å². The quantitative estimate of drug-likeness (QED) is 0.429. The van der Waals surface area contributed by atoms with Gasteiger partial charge in [0.1, 0.15) is 11.5 Å². The van der Waals surface area contributed by atoms with Crippen LogP contribution in [-0.2, 0) is 18.0 Å². The van der Waals surface area contributed by atoms with E-state index >= 15 is 0 Å². The van der Waals surface area contributed by atoms with E-state index in [0.29, 0.717) is 11.8 Å². The van der Waals surface area contributed by atoms with Crippen LogP contribution in [0.25, 0.3) is 0 Å². The molecule has 2 aliphatic heterocycles. The summed E-state index contributed by atoms with van der Waals surface area (Å²) in [5.41, 5.74) is 0.369. The van der Waals surface area contributed by atoms with Crippen LogP contribution < -0.4 is 0 Å². The summed E-state index contributed by atoms with van der Waals surface area (Å²) in [6, 6.07) is 2.73. The third-order valence-corrected chi connectivity index (χ3v) is 8.54. The van der Waals surface area contributed by atoms with E-state index in [4.69, 9.17) is 4.74 Å². The number of rotatable bonds is 7. The van der Waals surface area contributed by atoms with Crippen LogP contribution in [0.15, 0.2) is 23.5 Å². The fourth-order valence-corrected chi connectivity index (χ4v) is 6.28. The van der Waals surface area contributed by atoms with Gasteiger partial charge < -0.3 is 14.2 Å². The average molecular weight is 482 g/mol. The van der Waals surface area contributed by atoms with Crippen LogP contribution in [0.5, 0.6) is 0 Å². The van der Waals surface area contributed by atoms with Gasteiger partial charge >= 0.3 is 6.18 Å². The Balaban J connectivity index is 1.06. The summed E-state index contributed by atoms with van der Waals surface area (Å²) in [6.45, 7) is 4.73. The lowest BCUT2D eigenvalue weighted by atomic mass is 9.99. The highest BCUT2D eigenvalue weighted by Crippen LogP contribution is 2.64. The fraction of sp³-hybridized carbons (Fsp3) is 0.696. The highest BCUT2D eigenvalue weighted by Gasteiger charge is 2.57. The Hall–Kier alpha value is -1.65. The molecule has 2 atom stereocenters. The number of halogens is 3. The van der Waals surface area contributed by atoms with Gasteiger partial charge in [0, 0.05) is 44.7 Å². The van der Waals surface area contributed by atoms with E-state index in [0.717, 1.165) is 93.3 Å². The number of hydrogen-bond acceptors (Lipinski definition) is 6. The number of likely N-dealkylation sites (tertiary alicyclic amines) is 1. The molecule has 0 bridgehead atoms. The van der Waals surface area contributed by atoms with E-state index in [1.807, 2.05) is 0 Å². The van der Waals surface area contributed by atoms with Crippen molar-refractivity contribution in [3.05, 3.63) is 35.4 Å². The largest absolute Gasteiger partial charge is 0.433 e. The Bertz CT molecular complexity index is 960. The van der Waals surface area contributed by atoms with Gasteiger partial charge in [-0.3, -0.25) is 4.98 Å². The first-order chi connectivity index (χ1) is 15.9. The molecule has 1 saturated carbocycles. The number of ether oxygens (including phenoxy) is 1. The van der Waals surface area contributed by atoms with Gasteiger partial charge in [-0.2, -0.15) is 13.2 Å². The molecule has 0 aromatic carbocycles. The second-order valence-electron chi connectivity index (χ2n) is 9.61. The van der Waals surface area contributed by atoms with Crippen LogP contribution in [-0.4, -0.2) is 63.2 Å². The smallest absolute Gasteiger partial charge is 0.381 e. The topological polar surface area (TPSA) is 56.1 Å². The molecule has 5 rings (SSSR count). The number of aromatic nitrogens is 4. The van der Waals surface area contributed by atoms with E-state index in [2.05, 4.69) is 31.7 Å².